The first kappa shape index (κ1) is 12.9. The normalized spacial score (nSPS) is 12.3. The molecule has 2 nitrogen and oxygen atoms in total. The molecule has 0 spiro atoms. The molecule has 4 heteroatoms. The van der Waals surface area contributed by atoms with E-state index >= 15 is 0 Å². The van der Waals surface area contributed by atoms with E-state index in [1.165, 1.54) is 6.07 Å². The average Bonchev–Trinajstić information content (AvgIpc) is 2.29. The number of allylic oxidation sites excluding steroid dienone is 1. The molecule has 0 bridgehead atoms. The summed E-state index contributed by atoms with van der Waals surface area (Å²) in [4.78, 5) is 4.25. The van der Waals surface area contributed by atoms with E-state index < -0.39 is 0 Å². The molecule has 0 fully saturated rings. The summed E-state index contributed by atoms with van der Waals surface area (Å²) in [6.07, 6.45) is 4.17. The number of benzene rings is 1. The van der Waals surface area contributed by atoms with E-state index in [0.717, 1.165) is 17.6 Å². The number of hydrogen-bond acceptors (Lipinski definition) is 2. The van der Waals surface area contributed by atoms with Crippen molar-refractivity contribution in [3.05, 3.63) is 41.4 Å². The van der Waals surface area contributed by atoms with E-state index in [1.54, 1.807) is 24.5 Å². The maximum Gasteiger partial charge on any atom is 0.130 e. The zero-order chi connectivity index (χ0) is 12.0. The van der Waals surface area contributed by atoms with Gasteiger partial charge in [-0.2, -0.15) is 0 Å². The Morgan fingerprint density at radius 2 is 2.31 bits per heavy atom. The molecule has 16 heavy (non-hydrogen) atoms. The smallest absolute Gasteiger partial charge is 0.130 e. The lowest BCUT2D eigenvalue weighted by atomic mass is 10.2. The summed E-state index contributed by atoms with van der Waals surface area (Å²) in [5.74, 6) is -0.214. The molecule has 2 N–H and O–H groups in total. The Kier molecular flexibility index (Phi) is 5.13. The van der Waals surface area contributed by atoms with Crippen molar-refractivity contribution < 1.29 is 4.39 Å². The van der Waals surface area contributed by atoms with Crippen LogP contribution in [0.25, 0.3) is 0 Å². The molecule has 0 saturated heterocycles. The first-order chi connectivity index (χ1) is 7.67. The summed E-state index contributed by atoms with van der Waals surface area (Å²) < 4.78 is 13.0. The molecule has 0 radical (unpaired) electrons. The van der Waals surface area contributed by atoms with Gasteiger partial charge < -0.3 is 5.73 Å². The van der Waals surface area contributed by atoms with Gasteiger partial charge in [0.15, 0.2) is 0 Å². The van der Waals surface area contributed by atoms with Gasteiger partial charge in [0.2, 0.25) is 0 Å². The van der Waals surface area contributed by atoms with Crippen LogP contribution in [0.15, 0.2) is 35.0 Å². The molecule has 1 unspecified atom stereocenters. The maximum atomic E-state index is 13.0. The minimum atomic E-state index is -0.214. The van der Waals surface area contributed by atoms with Gasteiger partial charge in [0.25, 0.3) is 0 Å². The highest BCUT2D eigenvalue weighted by atomic mass is 31.0. The first-order valence-electron chi connectivity index (χ1n) is 5.12. The van der Waals surface area contributed by atoms with Crippen LogP contribution in [0.5, 0.6) is 0 Å². The number of hydrogen-bond donors (Lipinski definition) is 1. The number of nitrogens with zero attached hydrogens (tertiary/aromatic N) is 1. The van der Waals surface area contributed by atoms with Gasteiger partial charge in [-0.1, -0.05) is 13.0 Å². The van der Waals surface area contributed by atoms with Crippen LogP contribution in [-0.4, -0.2) is 6.21 Å². The summed E-state index contributed by atoms with van der Waals surface area (Å²) >= 11 is 0. The summed E-state index contributed by atoms with van der Waals surface area (Å²) in [7, 11) is 2.37. The second kappa shape index (κ2) is 6.39. The highest BCUT2D eigenvalue weighted by Gasteiger charge is 1.97. The molecular formula is C12H16FN2P. The van der Waals surface area contributed by atoms with Crippen molar-refractivity contribution >= 4 is 20.8 Å². The Labute approximate surface area is 97.7 Å². The molecular weight excluding hydrogens is 222 g/mol. The Hall–Kier alpha value is -1.21. The first-order valence-corrected chi connectivity index (χ1v) is 5.69. The molecule has 0 aromatic heterocycles. The lowest BCUT2D eigenvalue weighted by Gasteiger charge is -2.00. The monoisotopic (exact) mass is 238 g/mol. The van der Waals surface area contributed by atoms with Crippen LogP contribution >= 0.6 is 9.24 Å². The van der Waals surface area contributed by atoms with Gasteiger partial charge in [0, 0.05) is 11.5 Å². The Balaban J connectivity index is 2.64. The van der Waals surface area contributed by atoms with E-state index in [2.05, 4.69) is 14.2 Å². The van der Waals surface area contributed by atoms with Crippen molar-refractivity contribution in [1.29, 1.82) is 0 Å². The molecule has 1 rings (SSSR count). The van der Waals surface area contributed by atoms with Crippen LogP contribution in [-0.2, 0) is 6.54 Å². The fourth-order valence-corrected chi connectivity index (χ4v) is 1.52. The fraction of sp³-hybridized carbons (Fsp3) is 0.250. The number of aliphatic imine (C=N–C) groups is 1. The van der Waals surface area contributed by atoms with Crippen LogP contribution in [0, 0.1) is 5.82 Å². The van der Waals surface area contributed by atoms with Crippen molar-refractivity contribution in [3.63, 3.8) is 0 Å². The molecule has 0 amide bonds. The molecule has 0 saturated carbocycles. The summed E-state index contributed by atoms with van der Waals surface area (Å²) in [5.41, 5.74) is 7.38. The molecule has 1 aromatic carbocycles. The molecule has 1 aromatic rings. The number of halogens is 1. The van der Waals surface area contributed by atoms with Gasteiger partial charge in [-0.3, -0.25) is 4.99 Å². The summed E-state index contributed by atoms with van der Waals surface area (Å²) in [5, 5.41) is 0.567. The Morgan fingerprint density at radius 1 is 1.56 bits per heavy atom. The third-order valence-corrected chi connectivity index (χ3v) is 2.66. The summed E-state index contributed by atoms with van der Waals surface area (Å²) in [6, 6.07) is 4.96. The van der Waals surface area contributed by atoms with E-state index in [4.69, 9.17) is 5.73 Å². The molecule has 1 atom stereocenters. The second-order valence-electron chi connectivity index (χ2n) is 3.42. The highest BCUT2D eigenvalue weighted by Crippen LogP contribution is 2.05. The van der Waals surface area contributed by atoms with Gasteiger partial charge in [-0.15, -0.1) is 9.24 Å². The van der Waals surface area contributed by atoms with Crippen LogP contribution in [0.2, 0.25) is 0 Å². The van der Waals surface area contributed by atoms with Crippen LogP contribution in [0.4, 0.5) is 4.39 Å². The van der Waals surface area contributed by atoms with E-state index in [9.17, 15) is 4.39 Å². The molecule has 0 aliphatic rings. The standard InChI is InChI=1S/C12H16FN2P/c1-2-9(6-14)7-15-8-10-3-4-11(13)12(16)5-10/h3-7H,2,8,14,16H2,1H3/b9-6-,15-7?. The molecule has 0 aliphatic heterocycles. The Bertz CT molecular complexity index is 413. The summed E-state index contributed by atoms with van der Waals surface area (Å²) in [6.45, 7) is 2.56. The quantitative estimate of drug-likeness (QED) is 0.633. The van der Waals surface area contributed by atoms with Gasteiger partial charge in [-0.25, -0.2) is 4.39 Å². The third-order valence-electron chi connectivity index (χ3n) is 2.21. The van der Waals surface area contributed by atoms with Crippen molar-refractivity contribution in [2.24, 2.45) is 10.7 Å². The maximum absolute atomic E-state index is 13.0. The lowest BCUT2D eigenvalue weighted by molar-refractivity contribution is 0.636. The van der Waals surface area contributed by atoms with Gasteiger partial charge in [0.05, 0.1) is 6.54 Å². The molecule has 86 valence electrons. The molecule has 0 aliphatic carbocycles. The number of nitrogens with two attached hydrogens (primary N) is 1. The van der Waals surface area contributed by atoms with Crippen molar-refractivity contribution in [3.8, 4) is 0 Å². The van der Waals surface area contributed by atoms with Crippen LogP contribution in [0.3, 0.4) is 0 Å². The second-order valence-corrected chi connectivity index (χ2v) is 4.04. The van der Waals surface area contributed by atoms with E-state index in [1.807, 2.05) is 6.92 Å². The van der Waals surface area contributed by atoms with Crippen molar-refractivity contribution in [2.45, 2.75) is 19.9 Å². The van der Waals surface area contributed by atoms with Gasteiger partial charge in [0.1, 0.15) is 5.82 Å². The third kappa shape index (κ3) is 3.74. The highest BCUT2D eigenvalue weighted by molar-refractivity contribution is 7.27. The predicted molar refractivity (Wildman–Crippen MR) is 70.5 cm³/mol. The SMILES string of the molecule is CC/C(C=NCc1ccc(F)c(P)c1)=C/N. The van der Waals surface area contributed by atoms with Crippen LogP contribution < -0.4 is 11.0 Å². The topological polar surface area (TPSA) is 38.4 Å². The minimum absolute atomic E-state index is 0.214. The minimum Gasteiger partial charge on any atom is -0.404 e. The van der Waals surface area contributed by atoms with E-state index in [-0.39, 0.29) is 5.82 Å². The molecule has 0 heterocycles. The lowest BCUT2D eigenvalue weighted by Crippen LogP contribution is -1.99. The largest absolute Gasteiger partial charge is 0.404 e. The zero-order valence-electron chi connectivity index (χ0n) is 9.28. The van der Waals surface area contributed by atoms with Gasteiger partial charge in [-0.05, 0) is 35.9 Å². The predicted octanol–water partition coefficient (Wildman–Crippen LogP) is 2.15. The number of rotatable bonds is 4. The average molecular weight is 238 g/mol. The zero-order valence-corrected chi connectivity index (χ0v) is 10.4. The van der Waals surface area contributed by atoms with Crippen molar-refractivity contribution in [2.75, 3.05) is 0 Å². The van der Waals surface area contributed by atoms with E-state index in [0.29, 0.717) is 11.8 Å². The van der Waals surface area contributed by atoms with Gasteiger partial charge >= 0.3 is 0 Å². The fourth-order valence-electron chi connectivity index (χ4n) is 1.21. The Morgan fingerprint density at radius 3 is 2.88 bits per heavy atom. The van der Waals surface area contributed by atoms with Crippen LogP contribution in [0.1, 0.15) is 18.9 Å². The van der Waals surface area contributed by atoms with Crippen molar-refractivity contribution in [1.82, 2.24) is 0 Å².